The minimum atomic E-state index is -0.695. The van der Waals surface area contributed by atoms with E-state index in [2.05, 4.69) is 18.7 Å². The van der Waals surface area contributed by atoms with Crippen LogP contribution in [0.25, 0.3) is 0 Å². The van der Waals surface area contributed by atoms with Gasteiger partial charge < -0.3 is 10.0 Å². The van der Waals surface area contributed by atoms with Gasteiger partial charge in [-0.1, -0.05) is 6.07 Å². The topological polar surface area (TPSA) is 66.6 Å². The maximum absolute atomic E-state index is 11.3. The molecule has 1 aromatic carbocycles. The Morgan fingerprint density at radius 1 is 1.47 bits per heavy atom. The Labute approximate surface area is 113 Å². The molecule has 0 amide bonds. The molecule has 0 saturated carbocycles. The van der Waals surface area contributed by atoms with Crippen LogP contribution in [0.2, 0.25) is 0 Å². The number of aliphatic hydroxyl groups excluding tert-OH is 1. The van der Waals surface area contributed by atoms with Crippen molar-refractivity contribution in [3.8, 4) is 0 Å². The van der Waals surface area contributed by atoms with E-state index in [1.807, 2.05) is 0 Å². The highest BCUT2D eigenvalue weighted by atomic mass is 16.6. The van der Waals surface area contributed by atoms with E-state index in [0.717, 1.165) is 19.4 Å². The summed E-state index contributed by atoms with van der Waals surface area (Å²) in [6, 6.07) is 5.00. The molecule has 1 aliphatic heterocycles. The van der Waals surface area contributed by atoms with Crippen LogP contribution in [0.15, 0.2) is 18.2 Å². The number of rotatable bonds is 3. The minimum Gasteiger partial charge on any atom is -0.389 e. The molecule has 0 bridgehead atoms. The van der Waals surface area contributed by atoms with Gasteiger partial charge in [0.25, 0.3) is 5.69 Å². The van der Waals surface area contributed by atoms with Gasteiger partial charge in [-0.05, 0) is 45.2 Å². The number of nitro groups is 1. The molecule has 1 atom stereocenters. The molecule has 1 fully saturated rings. The van der Waals surface area contributed by atoms with Gasteiger partial charge in [0.2, 0.25) is 0 Å². The van der Waals surface area contributed by atoms with Crippen molar-refractivity contribution in [3.05, 3.63) is 33.9 Å². The number of hydrogen-bond donors (Lipinski definition) is 1. The van der Waals surface area contributed by atoms with Crippen molar-refractivity contribution in [3.63, 3.8) is 0 Å². The lowest BCUT2D eigenvalue weighted by Crippen LogP contribution is -2.38. The molecule has 0 aromatic heterocycles. The van der Waals surface area contributed by atoms with Crippen LogP contribution in [0.5, 0.6) is 0 Å². The van der Waals surface area contributed by atoms with Crippen LogP contribution in [0.1, 0.15) is 45.3 Å². The molecule has 5 heteroatoms. The van der Waals surface area contributed by atoms with Crippen LogP contribution in [-0.4, -0.2) is 22.1 Å². The molecule has 0 aliphatic carbocycles. The Hall–Kier alpha value is -1.62. The van der Waals surface area contributed by atoms with Crippen molar-refractivity contribution in [2.45, 2.75) is 45.3 Å². The Balaban J connectivity index is 2.48. The van der Waals surface area contributed by atoms with Crippen LogP contribution in [-0.2, 0) is 0 Å². The Morgan fingerprint density at radius 3 is 2.63 bits per heavy atom. The molecule has 1 aromatic rings. The summed E-state index contributed by atoms with van der Waals surface area (Å²) in [4.78, 5) is 13.0. The zero-order chi connectivity index (χ0) is 14.2. The highest BCUT2D eigenvalue weighted by Gasteiger charge is 2.35. The maximum atomic E-state index is 11.3. The molecule has 0 unspecified atom stereocenters. The van der Waals surface area contributed by atoms with E-state index in [1.165, 1.54) is 6.07 Å². The molecule has 1 aliphatic rings. The molecular weight excluding hydrogens is 244 g/mol. The van der Waals surface area contributed by atoms with Crippen molar-refractivity contribution in [1.82, 2.24) is 0 Å². The van der Waals surface area contributed by atoms with E-state index in [1.54, 1.807) is 19.1 Å². The molecule has 5 nitrogen and oxygen atoms in total. The second-order valence-corrected chi connectivity index (χ2v) is 5.75. The second kappa shape index (κ2) is 4.81. The SMILES string of the molecule is C[C@@H](O)c1ccc(N2CCCC2(C)C)c([N+](=O)[O-])c1. The molecule has 0 spiro atoms. The number of hydrogen-bond acceptors (Lipinski definition) is 4. The lowest BCUT2D eigenvalue weighted by Gasteiger charge is -2.33. The van der Waals surface area contributed by atoms with Crippen molar-refractivity contribution in [2.24, 2.45) is 0 Å². The average molecular weight is 264 g/mol. The maximum Gasteiger partial charge on any atom is 0.292 e. The van der Waals surface area contributed by atoms with E-state index in [4.69, 9.17) is 0 Å². The number of nitrogens with zero attached hydrogens (tertiary/aromatic N) is 2. The monoisotopic (exact) mass is 264 g/mol. The Morgan fingerprint density at radius 2 is 2.16 bits per heavy atom. The van der Waals surface area contributed by atoms with Gasteiger partial charge in [0.05, 0.1) is 11.0 Å². The zero-order valence-corrected chi connectivity index (χ0v) is 11.6. The predicted molar refractivity (Wildman–Crippen MR) is 74.4 cm³/mol. The quantitative estimate of drug-likeness (QED) is 0.673. The van der Waals surface area contributed by atoms with Gasteiger partial charge in [-0.25, -0.2) is 0 Å². The number of nitro benzene ring substituents is 1. The lowest BCUT2D eigenvalue weighted by molar-refractivity contribution is -0.384. The van der Waals surface area contributed by atoms with Gasteiger partial charge >= 0.3 is 0 Å². The molecule has 2 rings (SSSR count). The van der Waals surface area contributed by atoms with Gasteiger partial charge in [-0.2, -0.15) is 0 Å². The largest absolute Gasteiger partial charge is 0.389 e. The first-order chi connectivity index (χ1) is 8.83. The first-order valence-electron chi connectivity index (χ1n) is 6.57. The second-order valence-electron chi connectivity index (χ2n) is 5.75. The summed E-state index contributed by atoms with van der Waals surface area (Å²) >= 11 is 0. The van der Waals surface area contributed by atoms with Crippen LogP contribution >= 0.6 is 0 Å². The summed E-state index contributed by atoms with van der Waals surface area (Å²) in [5.41, 5.74) is 1.25. The molecule has 1 heterocycles. The normalized spacial score (nSPS) is 19.5. The van der Waals surface area contributed by atoms with Crippen molar-refractivity contribution < 1.29 is 10.0 Å². The van der Waals surface area contributed by atoms with Crippen LogP contribution < -0.4 is 4.90 Å². The molecule has 0 radical (unpaired) electrons. The summed E-state index contributed by atoms with van der Waals surface area (Å²) in [6.07, 6.45) is 1.38. The highest BCUT2D eigenvalue weighted by Crippen LogP contribution is 2.39. The third-order valence-electron chi connectivity index (χ3n) is 3.87. The third kappa shape index (κ3) is 2.56. The van der Waals surface area contributed by atoms with Gasteiger partial charge in [-0.3, -0.25) is 10.1 Å². The van der Waals surface area contributed by atoms with E-state index >= 15 is 0 Å². The zero-order valence-electron chi connectivity index (χ0n) is 11.6. The number of aliphatic hydroxyl groups is 1. The summed E-state index contributed by atoms with van der Waals surface area (Å²) in [6.45, 7) is 6.65. The van der Waals surface area contributed by atoms with E-state index < -0.39 is 6.10 Å². The molecule has 104 valence electrons. The molecule has 19 heavy (non-hydrogen) atoms. The molecule has 1 N–H and O–H groups in total. The molecular formula is C14H20N2O3. The summed E-state index contributed by atoms with van der Waals surface area (Å²) < 4.78 is 0. The third-order valence-corrected chi connectivity index (χ3v) is 3.87. The fraction of sp³-hybridized carbons (Fsp3) is 0.571. The number of benzene rings is 1. The smallest absolute Gasteiger partial charge is 0.292 e. The Bertz CT molecular complexity index is 497. The van der Waals surface area contributed by atoms with Crippen molar-refractivity contribution in [2.75, 3.05) is 11.4 Å². The van der Waals surface area contributed by atoms with Gasteiger partial charge in [0.15, 0.2) is 0 Å². The first kappa shape index (κ1) is 13.8. The minimum absolute atomic E-state index is 0.0584. The Kier molecular flexibility index (Phi) is 3.49. The molecule has 1 saturated heterocycles. The first-order valence-corrected chi connectivity index (χ1v) is 6.57. The number of anilines is 1. The fourth-order valence-electron chi connectivity index (χ4n) is 2.73. The average Bonchev–Trinajstić information content (AvgIpc) is 2.67. The van der Waals surface area contributed by atoms with Crippen molar-refractivity contribution in [1.29, 1.82) is 0 Å². The van der Waals surface area contributed by atoms with Crippen LogP contribution in [0, 0.1) is 10.1 Å². The predicted octanol–water partition coefficient (Wildman–Crippen LogP) is 3.03. The van der Waals surface area contributed by atoms with E-state index in [0.29, 0.717) is 11.3 Å². The lowest BCUT2D eigenvalue weighted by atomic mass is 10.0. The van der Waals surface area contributed by atoms with Crippen molar-refractivity contribution >= 4 is 11.4 Å². The van der Waals surface area contributed by atoms with E-state index in [-0.39, 0.29) is 16.1 Å². The standard InChI is InChI=1S/C14H20N2O3/c1-10(17)11-5-6-12(13(9-11)16(18)19)15-8-4-7-14(15,2)3/h5-6,9-10,17H,4,7-8H2,1-3H3/t10-/m1/s1. The summed E-state index contributed by atoms with van der Waals surface area (Å²) in [7, 11) is 0. The highest BCUT2D eigenvalue weighted by molar-refractivity contribution is 5.66. The van der Waals surface area contributed by atoms with Gasteiger partial charge in [-0.15, -0.1) is 0 Å². The summed E-state index contributed by atoms with van der Waals surface area (Å²) in [5, 5.41) is 20.8. The van der Waals surface area contributed by atoms with Crippen LogP contribution in [0.4, 0.5) is 11.4 Å². The fourth-order valence-corrected chi connectivity index (χ4v) is 2.73. The van der Waals surface area contributed by atoms with E-state index in [9.17, 15) is 15.2 Å². The van der Waals surface area contributed by atoms with Gasteiger partial charge in [0, 0.05) is 18.2 Å². The van der Waals surface area contributed by atoms with Crippen LogP contribution in [0.3, 0.4) is 0 Å². The van der Waals surface area contributed by atoms with Gasteiger partial charge in [0.1, 0.15) is 5.69 Å². The summed E-state index contributed by atoms with van der Waals surface area (Å²) in [5.74, 6) is 0.